The van der Waals surface area contributed by atoms with E-state index >= 15 is 0 Å². The fraction of sp³-hybridized carbons (Fsp3) is 0.100. The van der Waals surface area contributed by atoms with Gasteiger partial charge in [0.15, 0.2) is 10.9 Å². The summed E-state index contributed by atoms with van der Waals surface area (Å²) < 4.78 is 13.2. The van der Waals surface area contributed by atoms with Crippen LogP contribution in [-0.4, -0.2) is 26.7 Å². The summed E-state index contributed by atoms with van der Waals surface area (Å²) in [6.07, 6.45) is 1.36. The predicted octanol–water partition coefficient (Wildman–Crippen LogP) is 1.92. The second-order valence-corrected chi connectivity index (χ2v) is 3.95. The van der Waals surface area contributed by atoms with Crippen molar-refractivity contribution in [1.29, 1.82) is 0 Å². The summed E-state index contributed by atoms with van der Waals surface area (Å²) in [7, 11) is 0. The Balaban J connectivity index is 2.01. The molecule has 0 atom stereocenters. The molecule has 1 heterocycles. The van der Waals surface area contributed by atoms with Crippen LogP contribution < -0.4 is 0 Å². The Hall–Kier alpha value is -1.69. The molecule has 2 rings (SSSR count). The first-order valence-electron chi connectivity index (χ1n) is 4.53. The quantitative estimate of drug-likeness (QED) is 0.652. The Morgan fingerprint density at radius 2 is 2.25 bits per heavy atom. The van der Waals surface area contributed by atoms with Crippen LogP contribution in [0.5, 0.6) is 0 Å². The molecule has 6 heteroatoms. The normalized spacial score (nSPS) is 10.3. The van der Waals surface area contributed by atoms with Gasteiger partial charge in [-0.15, -0.1) is 0 Å². The second-order valence-electron chi connectivity index (χ2n) is 2.98. The first-order valence-corrected chi connectivity index (χ1v) is 5.52. The van der Waals surface area contributed by atoms with Gasteiger partial charge in [-0.3, -0.25) is 9.89 Å². The first-order chi connectivity index (χ1) is 7.77. The molecule has 0 fully saturated rings. The van der Waals surface area contributed by atoms with Crippen LogP contribution in [0.15, 0.2) is 35.7 Å². The number of hydrogen-bond acceptors (Lipinski definition) is 4. The number of benzene rings is 1. The van der Waals surface area contributed by atoms with Gasteiger partial charge in [-0.25, -0.2) is 9.37 Å². The van der Waals surface area contributed by atoms with Crippen LogP contribution in [0.25, 0.3) is 0 Å². The maximum atomic E-state index is 13.2. The fourth-order valence-electron chi connectivity index (χ4n) is 1.16. The van der Waals surface area contributed by atoms with Gasteiger partial charge in [-0.1, -0.05) is 23.9 Å². The van der Waals surface area contributed by atoms with Crippen LogP contribution in [0.1, 0.15) is 10.4 Å². The van der Waals surface area contributed by atoms with E-state index in [0.717, 1.165) is 0 Å². The molecular weight excluding hydrogens is 229 g/mol. The minimum atomic E-state index is -0.495. The van der Waals surface area contributed by atoms with E-state index in [1.165, 1.54) is 30.2 Å². The number of ketones is 1. The van der Waals surface area contributed by atoms with Gasteiger partial charge >= 0.3 is 0 Å². The van der Waals surface area contributed by atoms with Crippen LogP contribution in [0.3, 0.4) is 0 Å². The lowest BCUT2D eigenvalue weighted by Crippen LogP contribution is -2.05. The number of carbonyl (C=O) groups is 1. The number of nitrogens with zero attached hydrogens (tertiary/aromatic N) is 2. The van der Waals surface area contributed by atoms with E-state index in [4.69, 9.17) is 0 Å². The van der Waals surface area contributed by atoms with Crippen molar-refractivity contribution in [3.8, 4) is 0 Å². The number of H-pyrrole nitrogens is 1. The zero-order valence-electron chi connectivity index (χ0n) is 8.18. The monoisotopic (exact) mass is 237 g/mol. The summed E-state index contributed by atoms with van der Waals surface area (Å²) in [5, 5.41) is 6.81. The Bertz CT molecular complexity index is 487. The summed E-state index contributed by atoms with van der Waals surface area (Å²) in [6, 6.07) is 5.93. The second kappa shape index (κ2) is 4.89. The number of carbonyl (C=O) groups excluding carboxylic acids is 1. The number of aromatic nitrogens is 3. The molecule has 0 aliphatic rings. The Morgan fingerprint density at radius 3 is 2.94 bits per heavy atom. The largest absolute Gasteiger partial charge is 0.293 e. The smallest absolute Gasteiger partial charge is 0.183 e. The van der Waals surface area contributed by atoms with Gasteiger partial charge in [-0.05, 0) is 12.1 Å². The van der Waals surface area contributed by atoms with Crippen LogP contribution in [0.4, 0.5) is 4.39 Å². The van der Waals surface area contributed by atoms with Crippen molar-refractivity contribution in [2.75, 3.05) is 5.75 Å². The molecular formula is C10H8FN3OS. The molecule has 4 nitrogen and oxygen atoms in total. The van der Waals surface area contributed by atoms with E-state index in [-0.39, 0.29) is 17.1 Å². The third kappa shape index (κ3) is 2.46. The van der Waals surface area contributed by atoms with Gasteiger partial charge in [0.05, 0.1) is 11.3 Å². The van der Waals surface area contributed by atoms with Crippen molar-refractivity contribution < 1.29 is 9.18 Å². The molecule has 0 bridgehead atoms. The average molecular weight is 237 g/mol. The predicted molar refractivity (Wildman–Crippen MR) is 57.8 cm³/mol. The number of aromatic amines is 1. The molecule has 1 aromatic carbocycles. The number of nitrogens with one attached hydrogen (secondary N) is 1. The van der Waals surface area contributed by atoms with Crippen molar-refractivity contribution >= 4 is 17.5 Å². The number of hydrogen-bond donors (Lipinski definition) is 1. The summed E-state index contributed by atoms with van der Waals surface area (Å²) in [5.74, 6) is -0.624. The first kappa shape index (κ1) is 10.8. The lowest BCUT2D eigenvalue weighted by molar-refractivity contribution is 0.101. The molecule has 82 valence electrons. The van der Waals surface area contributed by atoms with Gasteiger partial charge in [0.1, 0.15) is 12.1 Å². The maximum absolute atomic E-state index is 13.2. The number of rotatable bonds is 4. The average Bonchev–Trinajstić information content (AvgIpc) is 2.79. The fourth-order valence-corrected chi connectivity index (χ4v) is 1.83. The van der Waals surface area contributed by atoms with Gasteiger partial charge < -0.3 is 0 Å². The van der Waals surface area contributed by atoms with Gasteiger partial charge in [-0.2, -0.15) is 5.10 Å². The van der Waals surface area contributed by atoms with Crippen LogP contribution >= 0.6 is 11.8 Å². The standard InChI is InChI=1S/C10H8FN3OS/c11-8-4-2-1-3-7(8)9(15)5-16-10-12-6-13-14-10/h1-4,6H,5H2,(H,12,13,14). The molecule has 0 amide bonds. The van der Waals surface area contributed by atoms with Gasteiger partial charge in [0, 0.05) is 0 Å². The molecule has 0 saturated heterocycles. The molecule has 16 heavy (non-hydrogen) atoms. The van der Waals surface area contributed by atoms with E-state index in [1.807, 2.05) is 0 Å². The van der Waals surface area contributed by atoms with Gasteiger partial charge in [0.25, 0.3) is 0 Å². The summed E-state index contributed by atoms with van der Waals surface area (Å²) in [4.78, 5) is 15.5. The van der Waals surface area contributed by atoms with Crippen molar-refractivity contribution in [3.05, 3.63) is 42.0 Å². The number of halogens is 1. The highest BCUT2D eigenvalue weighted by Crippen LogP contribution is 2.15. The minimum Gasteiger partial charge on any atom is -0.293 e. The zero-order valence-corrected chi connectivity index (χ0v) is 9.00. The van der Waals surface area contributed by atoms with Crippen molar-refractivity contribution in [2.24, 2.45) is 0 Å². The lowest BCUT2D eigenvalue weighted by atomic mass is 10.1. The summed E-state index contributed by atoms with van der Waals surface area (Å²) in [6.45, 7) is 0. The molecule has 0 saturated carbocycles. The number of Topliss-reactive ketones (excluding diaryl/α,β-unsaturated/α-hetero) is 1. The molecule has 0 radical (unpaired) electrons. The maximum Gasteiger partial charge on any atom is 0.183 e. The van der Waals surface area contributed by atoms with Crippen LogP contribution in [-0.2, 0) is 0 Å². The van der Waals surface area contributed by atoms with E-state index < -0.39 is 5.82 Å². The SMILES string of the molecule is O=C(CSc1ncn[nH]1)c1ccccc1F. The van der Waals surface area contributed by atoms with Crippen LogP contribution in [0, 0.1) is 5.82 Å². The molecule has 2 aromatic rings. The lowest BCUT2D eigenvalue weighted by Gasteiger charge is -2.00. The van der Waals surface area contributed by atoms with E-state index in [9.17, 15) is 9.18 Å². The van der Waals surface area contributed by atoms with E-state index in [2.05, 4.69) is 15.2 Å². The van der Waals surface area contributed by atoms with Crippen LogP contribution in [0.2, 0.25) is 0 Å². The highest BCUT2D eigenvalue weighted by atomic mass is 32.2. The van der Waals surface area contributed by atoms with E-state index in [0.29, 0.717) is 5.16 Å². The third-order valence-corrected chi connectivity index (χ3v) is 2.78. The van der Waals surface area contributed by atoms with Gasteiger partial charge in [0.2, 0.25) is 0 Å². The highest BCUT2D eigenvalue weighted by molar-refractivity contribution is 7.99. The van der Waals surface area contributed by atoms with Crippen molar-refractivity contribution in [2.45, 2.75) is 5.16 Å². The Labute approximate surface area is 95.3 Å². The molecule has 0 unspecified atom stereocenters. The van der Waals surface area contributed by atoms with Crippen molar-refractivity contribution in [1.82, 2.24) is 15.2 Å². The van der Waals surface area contributed by atoms with E-state index in [1.54, 1.807) is 12.1 Å². The van der Waals surface area contributed by atoms with Crippen molar-refractivity contribution in [3.63, 3.8) is 0 Å². The Kier molecular flexibility index (Phi) is 3.31. The molecule has 0 aliphatic carbocycles. The molecule has 0 spiro atoms. The zero-order chi connectivity index (χ0) is 11.4. The third-order valence-electron chi connectivity index (χ3n) is 1.91. The molecule has 1 aromatic heterocycles. The molecule has 1 N–H and O–H groups in total. The minimum absolute atomic E-state index is 0.106. The highest BCUT2D eigenvalue weighted by Gasteiger charge is 2.11. The topological polar surface area (TPSA) is 58.6 Å². The molecule has 0 aliphatic heterocycles. The summed E-state index contributed by atoms with van der Waals surface area (Å²) in [5.41, 5.74) is 0.106. The number of thioether (sulfide) groups is 1. The Morgan fingerprint density at radius 1 is 1.44 bits per heavy atom. The summed E-state index contributed by atoms with van der Waals surface area (Å²) >= 11 is 1.19.